The van der Waals surface area contributed by atoms with E-state index in [1.54, 1.807) is 0 Å². The van der Waals surface area contributed by atoms with E-state index in [0.29, 0.717) is 6.61 Å². The minimum Gasteiger partial charge on any atom is -0.394 e. The van der Waals surface area contributed by atoms with Crippen molar-refractivity contribution in [3.8, 4) is 0 Å². The summed E-state index contributed by atoms with van der Waals surface area (Å²) in [5.41, 5.74) is 0. The van der Waals surface area contributed by atoms with Gasteiger partial charge in [-0.2, -0.15) is 0 Å². The molecule has 132 valence electrons. The molecule has 1 fully saturated rings. The lowest BCUT2D eigenvalue weighted by molar-refractivity contribution is -0.301. The third kappa shape index (κ3) is 6.10. The van der Waals surface area contributed by atoms with Gasteiger partial charge in [0.2, 0.25) is 0 Å². The van der Waals surface area contributed by atoms with Gasteiger partial charge in [-0.25, -0.2) is 0 Å². The summed E-state index contributed by atoms with van der Waals surface area (Å²) in [5.74, 6) is 0. The summed E-state index contributed by atoms with van der Waals surface area (Å²) < 4.78 is 16.0. The van der Waals surface area contributed by atoms with Crippen LogP contribution >= 0.6 is 0 Å². The van der Waals surface area contributed by atoms with Crippen LogP contribution in [-0.4, -0.2) is 66.3 Å². The van der Waals surface area contributed by atoms with Gasteiger partial charge in [0, 0.05) is 13.7 Å². The lowest BCUT2D eigenvalue weighted by atomic mass is 9.99. The number of aliphatic hydroxyl groups is 3. The first-order valence-electron chi connectivity index (χ1n) is 8.42. The molecule has 6 heteroatoms. The summed E-state index contributed by atoms with van der Waals surface area (Å²) >= 11 is 0. The number of unbranched alkanes of at least 4 members (excludes halogenated alkanes) is 6. The fraction of sp³-hybridized carbons (Fsp3) is 1.00. The van der Waals surface area contributed by atoms with Crippen molar-refractivity contribution in [1.82, 2.24) is 0 Å². The number of aliphatic hydroxyl groups excluding tert-OH is 3. The molecule has 5 atom stereocenters. The molecule has 1 saturated heterocycles. The molecule has 0 saturated carbocycles. The van der Waals surface area contributed by atoms with Crippen LogP contribution < -0.4 is 0 Å². The van der Waals surface area contributed by atoms with Crippen molar-refractivity contribution < 1.29 is 29.5 Å². The largest absolute Gasteiger partial charge is 0.394 e. The molecule has 6 nitrogen and oxygen atoms in total. The molecule has 1 aliphatic rings. The lowest BCUT2D eigenvalue weighted by Crippen LogP contribution is -2.59. The lowest BCUT2D eigenvalue weighted by Gasteiger charge is -2.41. The maximum atomic E-state index is 10.1. The number of ether oxygens (including phenoxy) is 3. The second-order valence-corrected chi connectivity index (χ2v) is 5.90. The van der Waals surface area contributed by atoms with E-state index in [2.05, 4.69) is 6.92 Å². The van der Waals surface area contributed by atoms with Crippen LogP contribution in [0.3, 0.4) is 0 Å². The van der Waals surface area contributed by atoms with Gasteiger partial charge in [0.1, 0.15) is 24.4 Å². The monoisotopic (exact) mass is 320 g/mol. The van der Waals surface area contributed by atoms with Crippen LogP contribution in [0.25, 0.3) is 0 Å². The van der Waals surface area contributed by atoms with Crippen LogP contribution in [0.4, 0.5) is 0 Å². The van der Waals surface area contributed by atoms with Gasteiger partial charge in [0.15, 0.2) is 6.29 Å². The maximum Gasteiger partial charge on any atom is 0.186 e. The molecule has 0 radical (unpaired) electrons. The quantitative estimate of drug-likeness (QED) is 0.496. The van der Waals surface area contributed by atoms with E-state index in [0.717, 1.165) is 12.8 Å². The first-order valence-corrected chi connectivity index (χ1v) is 8.42. The molecule has 22 heavy (non-hydrogen) atoms. The Bertz CT molecular complexity index is 273. The Kier molecular flexibility index (Phi) is 10.2. The summed E-state index contributed by atoms with van der Waals surface area (Å²) in [6, 6.07) is 0. The van der Waals surface area contributed by atoms with E-state index < -0.39 is 30.7 Å². The molecular formula is C16H32O6. The predicted octanol–water partition coefficient (Wildman–Crippen LogP) is 1.21. The molecule has 0 aromatic rings. The molecule has 1 heterocycles. The molecule has 1 rings (SSSR count). The minimum atomic E-state index is -1.17. The molecule has 0 aromatic carbocycles. The number of rotatable bonds is 11. The van der Waals surface area contributed by atoms with Crippen LogP contribution in [0.1, 0.15) is 51.9 Å². The van der Waals surface area contributed by atoms with E-state index in [-0.39, 0.29) is 6.61 Å². The molecule has 1 aliphatic heterocycles. The Morgan fingerprint density at radius 2 is 1.59 bits per heavy atom. The fourth-order valence-corrected chi connectivity index (χ4v) is 2.73. The number of hydrogen-bond acceptors (Lipinski definition) is 6. The van der Waals surface area contributed by atoms with Crippen molar-refractivity contribution in [3.63, 3.8) is 0 Å². The van der Waals surface area contributed by atoms with Gasteiger partial charge < -0.3 is 29.5 Å². The Balaban J connectivity index is 2.25. The van der Waals surface area contributed by atoms with E-state index in [4.69, 9.17) is 14.2 Å². The number of methoxy groups -OCH3 is 1. The standard InChI is InChI=1S/C16H32O6/c1-3-4-5-6-7-8-9-10-21-15-12(11-17)22-16(20-2)14(19)13(15)18/h12-19H,3-11H2,1-2H3. The van der Waals surface area contributed by atoms with Gasteiger partial charge in [0.05, 0.1) is 6.61 Å². The first-order chi connectivity index (χ1) is 10.7. The Morgan fingerprint density at radius 1 is 0.955 bits per heavy atom. The van der Waals surface area contributed by atoms with Gasteiger partial charge in [-0.05, 0) is 6.42 Å². The highest BCUT2D eigenvalue weighted by Gasteiger charge is 2.45. The highest BCUT2D eigenvalue weighted by molar-refractivity contribution is 4.90. The topological polar surface area (TPSA) is 88.4 Å². The molecule has 0 aliphatic carbocycles. The van der Waals surface area contributed by atoms with Crippen molar-refractivity contribution >= 4 is 0 Å². The average Bonchev–Trinajstić information content (AvgIpc) is 2.53. The van der Waals surface area contributed by atoms with Gasteiger partial charge in [-0.3, -0.25) is 0 Å². The van der Waals surface area contributed by atoms with Crippen molar-refractivity contribution in [2.45, 2.75) is 82.6 Å². The molecule has 5 unspecified atom stereocenters. The highest BCUT2D eigenvalue weighted by atomic mass is 16.7. The van der Waals surface area contributed by atoms with E-state index in [1.165, 1.54) is 39.2 Å². The fourth-order valence-electron chi connectivity index (χ4n) is 2.73. The molecular weight excluding hydrogens is 288 g/mol. The molecule has 0 bridgehead atoms. The predicted molar refractivity (Wildman–Crippen MR) is 82.5 cm³/mol. The van der Waals surface area contributed by atoms with E-state index in [9.17, 15) is 15.3 Å². The minimum absolute atomic E-state index is 0.286. The average molecular weight is 320 g/mol. The summed E-state index contributed by atoms with van der Waals surface area (Å²) in [5, 5.41) is 29.3. The molecule has 0 aromatic heterocycles. The van der Waals surface area contributed by atoms with Crippen LogP contribution in [0.15, 0.2) is 0 Å². The van der Waals surface area contributed by atoms with Crippen LogP contribution in [0, 0.1) is 0 Å². The molecule has 0 spiro atoms. The zero-order valence-corrected chi connectivity index (χ0v) is 13.8. The third-order valence-electron chi connectivity index (χ3n) is 4.11. The summed E-state index contributed by atoms with van der Waals surface area (Å²) in [6.45, 7) is 2.40. The normalized spacial score (nSPS) is 32.3. The smallest absolute Gasteiger partial charge is 0.186 e. The van der Waals surface area contributed by atoms with Gasteiger partial charge >= 0.3 is 0 Å². The zero-order chi connectivity index (χ0) is 16.4. The third-order valence-corrected chi connectivity index (χ3v) is 4.11. The van der Waals surface area contributed by atoms with Crippen LogP contribution in [0.2, 0.25) is 0 Å². The van der Waals surface area contributed by atoms with Crippen molar-refractivity contribution in [2.75, 3.05) is 20.3 Å². The zero-order valence-electron chi connectivity index (χ0n) is 13.8. The SMILES string of the molecule is CCCCCCCCCOC1C(CO)OC(OC)C(O)C1O. The Labute approximate surface area is 133 Å². The summed E-state index contributed by atoms with van der Waals surface area (Å²) in [4.78, 5) is 0. The molecule has 0 amide bonds. The van der Waals surface area contributed by atoms with Crippen molar-refractivity contribution in [1.29, 1.82) is 0 Å². The Hall–Kier alpha value is -0.240. The van der Waals surface area contributed by atoms with Crippen LogP contribution in [0.5, 0.6) is 0 Å². The van der Waals surface area contributed by atoms with Crippen molar-refractivity contribution in [3.05, 3.63) is 0 Å². The Morgan fingerprint density at radius 3 is 2.18 bits per heavy atom. The van der Waals surface area contributed by atoms with Crippen molar-refractivity contribution in [2.24, 2.45) is 0 Å². The summed E-state index contributed by atoms with van der Waals surface area (Å²) in [7, 11) is 1.38. The molecule has 3 N–H and O–H groups in total. The summed E-state index contributed by atoms with van der Waals surface area (Å²) in [6.07, 6.45) is 3.58. The van der Waals surface area contributed by atoms with Gasteiger partial charge in [-0.15, -0.1) is 0 Å². The van der Waals surface area contributed by atoms with Gasteiger partial charge in [0.25, 0.3) is 0 Å². The number of hydrogen-bond donors (Lipinski definition) is 3. The second-order valence-electron chi connectivity index (χ2n) is 5.90. The van der Waals surface area contributed by atoms with Crippen LogP contribution in [-0.2, 0) is 14.2 Å². The maximum absolute atomic E-state index is 10.1. The second kappa shape index (κ2) is 11.3. The highest BCUT2D eigenvalue weighted by Crippen LogP contribution is 2.24. The van der Waals surface area contributed by atoms with E-state index >= 15 is 0 Å². The first kappa shape index (κ1) is 19.8. The van der Waals surface area contributed by atoms with Gasteiger partial charge in [-0.1, -0.05) is 45.4 Å². The van der Waals surface area contributed by atoms with E-state index in [1.807, 2.05) is 0 Å².